The fourth-order valence-electron chi connectivity index (χ4n) is 4.51. The first kappa shape index (κ1) is 41.8. The number of hydrogen-bond donors (Lipinski definition) is 0. The molecule has 1 aliphatic heterocycles. The number of hydrogen-bond acceptors (Lipinski definition) is 3. The third-order valence-electron chi connectivity index (χ3n) is 7.18. The average molecular weight is 772 g/mol. The number of alkyl halides is 18. The first-order chi connectivity index (χ1) is 21.5. The zero-order chi connectivity index (χ0) is 37.6. The lowest BCUT2D eigenvalue weighted by Crippen LogP contribution is -2.74. The molecule has 0 fully saturated rings. The number of ether oxygens (including phenoxy) is 1. The summed E-state index contributed by atoms with van der Waals surface area (Å²) in [5, 5.41) is 0. The first-order valence-corrected chi connectivity index (χ1v) is 14.6. The second-order valence-electron chi connectivity index (χ2n) is 10.2. The molecule has 22 heteroatoms. The van der Waals surface area contributed by atoms with Crippen molar-refractivity contribution in [3.63, 3.8) is 0 Å². The molecule has 0 spiro atoms. The predicted molar refractivity (Wildman–Crippen MR) is 140 cm³/mol. The summed E-state index contributed by atoms with van der Waals surface area (Å²) >= 11 is 5.66. The molecule has 1 unspecified atom stereocenters. The van der Waals surface area contributed by atoms with Gasteiger partial charge in [0.2, 0.25) is 5.91 Å². The molecule has 0 bridgehead atoms. The van der Waals surface area contributed by atoms with Gasteiger partial charge in [-0.1, -0.05) is 25.1 Å². The Morgan fingerprint density at radius 1 is 0.792 bits per heavy atom. The smallest absolute Gasteiger partial charge is 0.460 e. The van der Waals surface area contributed by atoms with E-state index in [-0.39, 0.29) is 41.2 Å². The Bertz CT molecular complexity index is 1350. The monoisotopic (exact) mass is 771 g/mol. The number of amides is 1. The summed E-state index contributed by atoms with van der Waals surface area (Å²) in [7, 11) is 1.24. The normalized spacial score (nSPS) is 19.0. The predicted octanol–water partition coefficient (Wildman–Crippen LogP) is 9.96. The zero-order valence-electron chi connectivity index (χ0n) is 24.1. The summed E-state index contributed by atoms with van der Waals surface area (Å²) in [5.74, 6) is -59.2. The molecule has 1 aromatic carbocycles. The van der Waals surface area contributed by atoms with Crippen LogP contribution < -0.4 is 9.64 Å². The van der Waals surface area contributed by atoms with Gasteiger partial charge in [0.15, 0.2) is 0 Å². The Hall–Kier alpha value is -2.32. The van der Waals surface area contributed by atoms with Crippen LogP contribution in [0.2, 0.25) is 0 Å². The second-order valence-corrected chi connectivity index (χ2v) is 11.9. The van der Waals surface area contributed by atoms with E-state index in [1.165, 1.54) is 37.5 Å². The summed E-state index contributed by atoms with van der Waals surface area (Å²) in [6.45, 7) is 1.61. The minimum absolute atomic E-state index is 0.0116. The average Bonchev–Trinajstić information content (AvgIpc) is 3.18. The van der Waals surface area contributed by atoms with Gasteiger partial charge in [0, 0.05) is 36.2 Å². The van der Waals surface area contributed by atoms with E-state index in [9.17, 15) is 79.4 Å². The van der Waals surface area contributed by atoms with Crippen molar-refractivity contribution in [2.75, 3.05) is 30.2 Å². The molecule has 1 aliphatic rings. The Balaban J connectivity index is 2.54. The zero-order valence-corrected chi connectivity index (χ0v) is 25.7. The molecule has 0 radical (unpaired) electrons. The molecule has 2 rings (SSSR count). The van der Waals surface area contributed by atoms with Crippen molar-refractivity contribution in [2.45, 2.75) is 78.6 Å². The van der Waals surface area contributed by atoms with E-state index in [1.807, 2.05) is 0 Å². The third-order valence-corrected chi connectivity index (χ3v) is 8.82. The van der Waals surface area contributed by atoms with Gasteiger partial charge in [-0.3, -0.25) is 4.79 Å². The van der Waals surface area contributed by atoms with Crippen molar-refractivity contribution in [1.29, 1.82) is 0 Å². The number of anilines is 1. The van der Waals surface area contributed by atoms with Crippen LogP contribution in [-0.2, 0) is 9.54 Å². The summed E-state index contributed by atoms with van der Waals surface area (Å²) in [6, 6.07) is 3.90. The van der Waals surface area contributed by atoms with Crippen molar-refractivity contribution < 1.29 is 84.2 Å². The molecule has 1 atom stereocenters. The summed E-state index contributed by atoms with van der Waals surface area (Å²) in [5.41, 5.74) is 0.181. The molecule has 48 heavy (non-hydrogen) atoms. The standard InChI is InChI=1S/C26H23ClF17NO2S/c1-3-11-45-16-13-14(47-2)6-7-15(16)18(17(45)46,8-4-5-10-27)48-12-9-19(28,29)20(30,31)21(32,33)22(34,35)23(36,37)24(38,39)25(40,41)26(42,43)44/h4-7,13H,3,8-12H2,1-2H3/b5-4-. The summed E-state index contributed by atoms with van der Waals surface area (Å²) in [4.78, 5) is 14.8. The van der Waals surface area contributed by atoms with Crippen LogP contribution in [0.5, 0.6) is 5.75 Å². The van der Waals surface area contributed by atoms with Gasteiger partial charge in [0.1, 0.15) is 10.5 Å². The number of carbonyl (C=O) groups is 1. The van der Waals surface area contributed by atoms with Crippen molar-refractivity contribution in [3.8, 4) is 5.75 Å². The summed E-state index contributed by atoms with van der Waals surface area (Å²) < 4.78 is 235. The van der Waals surface area contributed by atoms with Gasteiger partial charge in [-0.2, -0.15) is 74.6 Å². The van der Waals surface area contributed by atoms with Crippen molar-refractivity contribution in [1.82, 2.24) is 0 Å². The van der Waals surface area contributed by atoms with E-state index < -0.39 is 76.9 Å². The van der Waals surface area contributed by atoms with E-state index in [2.05, 4.69) is 0 Å². The summed E-state index contributed by atoms with van der Waals surface area (Å²) in [6.07, 6.45) is -8.09. The molecular formula is C26H23ClF17NO2S. The van der Waals surface area contributed by atoms with Crippen molar-refractivity contribution in [3.05, 3.63) is 35.9 Å². The van der Waals surface area contributed by atoms with Crippen LogP contribution in [-0.4, -0.2) is 78.8 Å². The molecule has 0 aromatic heterocycles. The maximum Gasteiger partial charge on any atom is 0.460 e. The molecule has 1 heterocycles. The SMILES string of the molecule is CCCN1C(=O)C(C/C=C\CCl)(SCCC(F)(F)C(F)(F)C(F)(F)C(F)(F)C(F)(F)C(F)(F)C(F)(F)C(F)(F)F)c2ccc(OC)cc21. The molecule has 0 saturated heterocycles. The molecular weight excluding hydrogens is 749 g/mol. The number of halogens is 18. The lowest BCUT2D eigenvalue weighted by Gasteiger charge is -2.42. The highest BCUT2D eigenvalue weighted by Gasteiger charge is 2.95. The van der Waals surface area contributed by atoms with Crippen LogP contribution in [0.1, 0.15) is 31.7 Å². The second kappa shape index (κ2) is 13.4. The fraction of sp³-hybridized carbons (Fsp3) is 0.654. The van der Waals surface area contributed by atoms with E-state index in [4.69, 9.17) is 16.3 Å². The Morgan fingerprint density at radius 2 is 1.29 bits per heavy atom. The van der Waals surface area contributed by atoms with Gasteiger partial charge in [-0.25, -0.2) is 0 Å². The lowest BCUT2D eigenvalue weighted by atomic mass is 9.88. The first-order valence-electron chi connectivity index (χ1n) is 13.1. The largest absolute Gasteiger partial charge is 0.497 e. The minimum Gasteiger partial charge on any atom is -0.497 e. The van der Waals surface area contributed by atoms with Crippen LogP contribution in [0, 0.1) is 0 Å². The number of benzene rings is 1. The van der Waals surface area contributed by atoms with E-state index in [1.54, 1.807) is 6.92 Å². The van der Waals surface area contributed by atoms with Gasteiger partial charge in [0.25, 0.3) is 0 Å². The third kappa shape index (κ3) is 6.27. The number of allylic oxidation sites excluding steroid dienone is 2. The van der Waals surface area contributed by atoms with Gasteiger partial charge in [-0.15, -0.1) is 23.4 Å². The number of rotatable bonds is 16. The Kier molecular flexibility index (Phi) is 11.7. The fourth-order valence-corrected chi connectivity index (χ4v) is 6.11. The quantitative estimate of drug-likeness (QED) is 0.0953. The van der Waals surface area contributed by atoms with Crippen LogP contribution >= 0.6 is 23.4 Å². The number of methoxy groups -OCH3 is 1. The van der Waals surface area contributed by atoms with Crippen molar-refractivity contribution in [2.24, 2.45) is 0 Å². The molecule has 3 nitrogen and oxygen atoms in total. The van der Waals surface area contributed by atoms with Gasteiger partial charge < -0.3 is 9.64 Å². The minimum atomic E-state index is -8.70. The highest BCUT2D eigenvalue weighted by molar-refractivity contribution is 8.01. The molecule has 1 aromatic rings. The molecule has 276 valence electrons. The topological polar surface area (TPSA) is 29.5 Å². The molecule has 0 N–H and O–H groups in total. The maximum absolute atomic E-state index is 14.6. The van der Waals surface area contributed by atoms with E-state index >= 15 is 0 Å². The maximum atomic E-state index is 14.6. The number of fused-ring (bicyclic) bond motifs is 1. The van der Waals surface area contributed by atoms with E-state index in [0.29, 0.717) is 6.42 Å². The van der Waals surface area contributed by atoms with Crippen LogP contribution in [0.15, 0.2) is 30.4 Å². The van der Waals surface area contributed by atoms with Gasteiger partial charge in [-0.05, 0) is 18.9 Å². The van der Waals surface area contributed by atoms with Crippen molar-refractivity contribution >= 4 is 35.0 Å². The van der Waals surface area contributed by atoms with Gasteiger partial charge >= 0.3 is 47.6 Å². The van der Waals surface area contributed by atoms with Gasteiger partial charge in [0.05, 0.1) is 12.8 Å². The highest BCUT2D eigenvalue weighted by Crippen LogP contribution is 2.64. The number of thioether (sulfide) groups is 1. The van der Waals surface area contributed by atoms with Crippen LogP contribution in [0.4, 0.5) is 80.3 Å². The lowest BCUT2D eigenvalue weighted by molar-refractivity contribution is -0.461. The van der Waals surface area contributed by atoms with E-state index in [0.717, 1.165) is 4.90 Å². The molecule has 1 amide bonds. The molecule has 0 saturated carbocycles. The number of nitrogens with zero attached hydrogens (tertiary/aromatic N) is 1. The van der Waals surface area contributed by atoms with Crippen LogP contribution in [0.3, 0.4) is 0 Å². The Morgan fingerprint density at radius 3 is 1.75 bits per heavy atom. The van der Waals surface area contributed by atoms with Crippen LogP contribution in [0.25, 0.3) is 0 Å². The molecule has 0 aliphatic carbocycles. The highest BCUT2D eigenvalue weighted by atomic mass is 35.5. The number of carbonyl (C=O) groups excluding carboxylic acids is 1. The Labute approximate surface area is 269 Å².